The van der Waals surface area contributed by atoms with Crippen molar-refractivity contribution >= 4 is 0 Å². The molecule has 20 heavy (non-hydrogen) atoms. The van der Waals surface area contributed by atoms with Crippen LogP contribution in [0.15, 0.2) is 30.5 Å². The maximum absolute atomic E-state index is 5.03. The first-order valence-electron chi connectivity index (χ1n) is 6.96. The van der Waals surface area contributed by atoms with Gasteiger partial charge in [0.15, 0.2) is 0 Å². The van der Waals surface area contributed by atoms with Crippen molar-refractivity contribution < 1.29 is 4.74 Å². The topological polar surface area (TPSA) is 39.1 Å². The largest absolute Gasteiger partial charge is 0.383 e. The van der Waals surface area contributed by atoms with Crippen molar-refractivity contribution in [3.05, 3.63) is 52.8 Å². The van der Waals surface area contributed by atoms with Gasteiger partial charge in [-0.1, -0.05) is 29.3 Å². The molecule has 0 radical (unpaired) electrons. The number of aryl methyl sites for hydroxylation is 2. The molecule has 0 atom stereocenters. The summed E-state index contributed by atoms with van der Waals surface area (Å²) in [6.07, 6.45) is 1.86. The van der Waals surface area contributed by atoms with Gasteiger partial charge in [-0.3, -0.25) is 4.68 Å². The Labute approximate surface area is 120 Å². The molecule has 4 nitrogen and oxygen atoms in total. The molecule has 0 fully saturated rings. The highest BCUT2D eigenvalue weighted by atomic mass is 16.5. The summed E-state index contributed by atoms with van der Waals surface area (Å²) in [6, 6.07) is 8.69. The molecule has 0 saturated carbocycles. The summed E-state index contributed by atoms with van der Waals surface area (Å²) in [6.45, 7) is 7.47. The second-order valence-electron chi connectivity index (χ2n) is 5.15. The zero-order valence-corrected chi connectivity index (χ0v) is 12.5. The zero-order chi connectivity index (χ0) is 14.4. The third-order valence-electron chi connectivity index (χ3n) is 3.21. The molecule has 0 unspecified atom stereocenters. The Bertz CT molecular complexity index is 528. The first-order chi connectivity index (χ1) is 9.69. The summed E-state index contributed by atoms with van der Waals surface area (Å²) >= 11 is 0. The average molecular weight is 273 g/mol. The van der Waals surface area contributed by atoms with E-state index in [1.54, 1.807) is 7.11 Å². The molecular weight excluding hydrogens is 250 g/mol. The van der Waals surface area contributed by atoms with Crippen LogP contribution in [0.5, 0.6) is 0 Å². The number of rotatable bonds is 7. The summed E-state index contributed by atoms with van der Waals surface area (Å²) in [4.78, 5) is 0. The highest BCUT2D eigenvalue weighted by molar-refractivity contribution is 5.28. The Hall–Kier alpha value is -1.65. The number of methoxy groups -OCH3 is 1. The second kappa shape index (κ2) is 7.22. The standard InChI is InChI=1S/C16H23N3O/c1-13-8-14(2)10-15(9-13)12-19-16(4-5-18-19)11-17-6-7-20-3/h4-5,8-10,17H,6-7,11-12H2,1-3H3. The van der Waals surface area contributed by atoms with Crippen LogP contribution in [0.4, 0.5) is 0 Å². The minimum Gasteiger partial charge on any atom is -0.383 e. The summed E-state index contributed by atoms with van der Waals surface area (Å²) in [5, 5.41) is 7.77. The van der Waals surface area contributed by atoms with Crippen LogP contribution in [0.1, 0.15) is 22.4 Å². The third-order valence-corrected chi connectivity index (χ3v) is 3.21. The van der Waals surface area contributed by atoms with Gasteiger partial charge < -0.3 is 10.1 Å². The van der Waals surface area contributed by atoms with E-state index in [-0.39, 0.29) is 0 Å². The molecule has 0 amide bonds. The molecule has 0 bridgehead atoms. The van der Waals surface area contributed by atoms with E-state index in [1.165, 1.54) is 22.4 Å². The fraction of sp³-hybridized carbons (Fsp3) is 0.438. The van der Waals surface area contributed by atoms with Crippen LogP contribution in [-0.2, 0) is 17.8 Å². The first kappa shape index (κ1) is 14.8. The average Bonchev–Trinajstić information content (AvgIpc) is 2.81. The maximum atomic E-state index is 5.03. The van der Waals surface area contributed by atoms with Crippen molar-refractivity contribution in [2.24, 2.45) is 0 Å². The number of hydrogen-bond donors (Lipinski definition) is 1. The van der Waals surface area contributed by atoms with E-state index >= 15 is 0 Å². The van der Waals surface area contributed by atoms with Crippen LogP contribution in [0, 0.1) is 13.8 Å². The van der Waals surface area contributed by atoms with Crippen molar-refractivity contribution in [1.29, 1.82) is 0 Å². The van der Waals surface area contributed by atoms with E-state index in [1.807, 2.05) is 10.9 Å². The van der Waals surface area contributed by atoms with Gasteiger partial charge in [-0.05, 0) is 25.5 Å². The molecular formula is C16H23N3O. The summed E-state index contributed by atoms with van der Waals surface area (Å²) in [7, 11) is 1.71. The van der Waals surface area contributed by atoms with Crippen LogP contribution in [-0.4, -0.2) is 30.0 Å². The van der Waals surface area contributed by atoms with E-state index in [0.717, 1.165) is 26.2 Å². The van der Waals surface area contributed by atoms with Gasteiger partial charge >= 0.3 is 0 Å². The van der Waals surface area contributed by atoms with Crippen molar-refractivity contribution in [2.45, 2.75) is 26.9 Å². The smallest absolute Gasteiger partial charge is 0.0663 e. The number of nitrogens with one attached hydrogen (secondary N) is 1. The molecule has 0 aliphatic rings. The van der Waals surface area contributed by atoms with E-state index < -0.39 is 0 Å². The van der Waals surface area contributed by atoms with Crippen LogP contribution >= 0.6 is 0 Å². The first-order valence-corrected chi connectivity index (χ1v) is 6.96. The van der Waals surface area contributed by atoms with Crippen molar-refractivity contribution in [2.75, 3.05) is 20.3 Å². The van der Waals surface area contributed by atoms with Gasteiger partial charge in [-0.25, -0.2) is 0 Å². The molecule has 1 aromatic heterocycles. The summed E-state index contributed by atoms with van der Waals surface area (Å²) < 4.78 is 7.08. The Morgan fingerprint density at radius 2 is 1.95 bits per heavy atom. The van der Waals surface area contributed by atoms with E-state index in [9.17, 15) is 0 Å². The lowest BCUT2D eigenvalue weighted by Crippen LogP contribution is -2.21. The van der Waals surface area contributed by atoms with Crippen LogP contribution in [0.25, 0.3) is 0 Å². The molecule has 2 aromatic rings. The molecule has 1 heterocycles. The summed E-state index contributed by atoms with van der Waals surface area (Å²) in [5.41, 5.74) is 5.09. The van der Waals surface area contributed by atoms with Crippen molar-refractivity contribution in [1.82, 2.24) is 15.1 Å². The highest BCUT2D eigenvalue weighted by Crippen LogP contribution is 2.11. The molecule has 0 aliphatic heterocycles. The van der Waals surface area contributed by atoms with Crippen LogP contribution < -0.4 is 5.32 Å². The Morgan fingerprint density at radius 1 is 1.20 bits per heavy atom. The van der Waals surface area contributed by atoms with E-state index in [2.05, 4.69) is 48.5 Å². The predicted octanol–water partition coefficient (Wildman–Crippen LogP) is 2.28. The highest BCUT2D eigenvalue weighted by Gasteiger charge is 2.04. The van der Waals surface area contributed by atoms with Gasteiger partial charge in [-0.2, -0.15) is 5.10 Å². The van der Waals surface area contributed by atoms with Gasteiger partial charge in [0.05, 0.1) is 18.8 Å². The zero-order valence-electron chi connectivity index (χ0n) is 12.5. The lowest BCUT2D eigenvalue weighted by atomic mass is 10.1. The normalized spacial score (nSPS) is 10.9. The minimum absolute atomic E-state index is 0.727. The van der Waals surface area contributed by atoms with Gasteiger partial charge in [0.2, 0.25) is 0 Å². The lowest BCUT2D eigenvalue weighted by Gasteiger charge is -2.10. The Kier molecular flexibility index (Phi) is 5.32. The van der Waals surface area contributed by atoms with E-state index in [0.29, 0.717) is 0 Å². The van der Waals surface area contributed by atoms with Gasteiger partial charge in [-0.15, -0.1) is 0 Å². The number of nitrogens with zero attached hydrogens (tertiary/aromatic N) is 2. The van der Waals surface area contributed by atoms with Gasteiger partial charge in [0.25, 0.3) is 0 Å². The number of benzene rings is 1. The fourth-order valence-corrected chi connectivity index (χ4v) is 2.38. The monoisotopic (exact) mass is 273 g/mol. The number of hydrogen-bond acceptors (Lipinski definition) is 3. The Balaban J connectivity index is 2.00. The SMILES string of the molecule is COCCNCc1ccnn1Cc1cc(C)cc(C)c1. The van der Waals surface area contributed by atoms with Crippen LogP contribution in [0.3, 0.4) is 0 Å². The molecule has 108 valence electrons. The molecule has 0 saturated heterocycles. The molecule has 1 aromatic carbocycles. The van der Waals surface area contributed by atoms with Gasteiger partial charge in [0.1, 0.15) is 0 Å². The third kappa shape index (κ3) is 4.18. The number of ether oxygens (including phenoxy) is 1. The quantitative estimate of drug-likeness (QED) is 0.787. The fourth-order valence-electron chi connectivity index (χ4n) is 2.38. The number of aromatic nitrogens is 2. The molecule has 0 spiro atoms. The lowest BCUT2D eigenvalue weighted by molar-refractivity contribution is 0.199. The molecule has 2 rings (SSSR count). The molecule has 4 heteroatoms. The molecule has 0 aliphatic carbocycles. The predicted molar refractivity (Wildman–Crippen MR) is 80.8 cm³/mol. The second-order valence-corrected chi connectivity index (χ2v) is 5.15. The Morgan fingerprint density at radius 3 is 2.65 bits per heavy atom. The van der Waals surface area contributed by atoms with Crippen molar-refractivity contribution in [3.8, 4) is 0 Å². The molecule has 1 N–H and O–H groups in total. The van der Waals surface area contributed by atoms with Gasteiger partial charge in [0, 0.05) is 26.4 Å². The maximum Gasteiger partial charge on any atom is 0.0663 e. The minimum atomic E-state index is 0.727. The van der Waals surface area contributed by atoms with Crippen molar-refractivity contribution in [3.63, 3.8) is 0 Å². The van der Waals surface area contributed by atoms with Crippen LogP contribution in [0.2, 0.25) is 0 Å². The summed E-state index contributed by atoms with van der Waals surface area (Å²) in [5.74, 6) is 0. The van der Waals surface area contributed by atoms with E-state index in [4.69, 9.17) is 4.74 Å².